The first-order valence-corrected chi connectivity index (χ1v) is 6.80. The first-order chi connectivity index (χ1) is 9.65. The van der Waals surface area contributed by atoms with Gasteiger partial charge in [0.1, 0.15) is 0 Å². The number of para-hydroxylation sites is 3. The number of rotatable bonds is 4. The van der Waals surface area contributed by atoms with Crippen LogP contribution >= 0.6 is 0 Å². The van der Waals surface area contributed by atoms with E-state index in [1.165, 1.54) is 0 Å². The van der Waals surface area contributed by atoms with Crippen molar-refractivity contribution in [1.29, 1.82) is 0 Å². The van der Waals surface area contributed by atoms with Crippen molar-refractivity contribution in [3.8, 4) is 0 Å². The lowest BCUT2D eigenvalue weighted by atomic mass is 10.3. The molecule has 0 saturated carbocycles. The van der Waals surface area contributed by atoms with E-state index in [0.717, 1.165) is 0 Å². The van der Waals surface area contributed by atoms with Crippen LogP contribution in [0.1, 0.15) is 0 Å². The molecule has 1 unspecified atom stereocenters. The van der Waals surface area contributed by atoms with Gasteiger partial charge in [-0.25, -0.2) is 4.79 Å². The molecule has 20 heavy (non-hydrogen) atoms. The van der Waals surface area contributed by atoms with Crippen LogP contribution < -0.4 is 15.4 Å². The Hall–Kier alpha value is -2.38. The molecule has 0 aliphatic rings. The fourth-order valence-corrected chi connectivity index (χ4v) is 1.93. The maximum Gasteiger partial charge on any atom is 0.323 e. The summed E-state index contributed by atoms with van der Waals surface area (Å²) in [5.41, 5.74) is 1.30. The van der Waals surface area contributed by atoms with Gasteiger partial charge in [-0.15, -0.1) is 0 Å². The second kappa shape index (κ2) is 6.69. The van der Waals surface area contributed by atoms with Gasteiger partial charge in [-0.3, -0.25) is 4.21 Å². The third-order valence-corrected chi connectivity index (χ3v) is 2.79. The zero-order chi connectivity index (χ0) is 14.4. The first kappa shape index (κ1) is 14.0. The van der Waals surface area contributed by atoms with Gasteiger partial charge >= 0.3 is 6.03 Å². The fraction of sp³-hybridized carbons (Fsp3) is 0. The summed E-state index contributed by atoms with van der Waals surface area (Å²) in [6, 6.07) is 15.0. The quantitative estimate of drug-likeness (QED) is 0.755. The average Bonchev–Trinajstić information content (AvgIpc) is 2.41. The molecule has 1 atom stereocenters. The molecular formula is C13H12N3O3S-. The van der Waals surface area contributed by atoms with Crippen molar-refractivity contribution in [1.82, 2.24) is 0 Å². The Morgan fingerprint density at radius 2 is 1.50 bits per heavy atom. The maximum absolute atomic E-state index is 11.8. The van der Waals surface area contributed by atoms with Crippen LogP contribution in [0.25, 0.3) is 0 Å². The first-order valence-electron chi connectivity index (χ1n) is 5.73. The minimum absolute atomic E-state index is 0.295. The van der Waals surface area contributed by atoms with Crippen molar-refractivity contribution in [2.45, 2.75) is 0 Å². The summed E-state index contributed by atoms with van der Waals surface area (Å²) in [6.45, 7) is 0. The standard InChI is InChI=1S/C13H13N3O3S/c17-13(14-10-6-2-1-3-7-10)15-11-8-4-5-9-12(11)16-20(18)19/h1-9,16H,(H,18,19)(H2,14,15,17)/p-1. The third-order valence-electron chi connectivity index (χ3n) is 2.40. The van der Waals surface area contributed by atoms with Crippen LogP contribution in [0.15, 0.2) is 54.6 Å². The lowest BCUT2D eigenvalue weighted by molar-refractivity contribution is 0.262. The number of hydrogen-bond donors (Lipinski definition) is 3. The predicted molar refractivity (Wildman–Crippen MR) is 78.1 cm³/mol. The minimum atomic E-state index is -2.45. The molecular weight excluding hydrogens is 278 g/mol. The number of amides is 2. The molecule has 0 saturated heterocycles. The van der Waals surface area contributed by atoms with Crippen molar-refractivity contribution in [2.24, 2.45) is 0 Å². The van der Waals surface area contributed by atoms with Crippen LogP contribution in [-0.2, 0) is 11.3 Å². The van der Waals surface area contributed by atoms with Crippen molar-refractivity contribution >= 4 is 34.4 Å². The molecule has 6 nitrogen and oxygen atoms in total. The third kappa shape index (κ3) is 4.08. The lowest BCUT2D eigenvalue weighted by Gasteiger charge is -2.14. The number of anilines is 3. The Morgan fingerprint density at radius 1 is 0.900 bits per heavy atom. The molecule has 104 valence electrons. The summed E-state index contributed by atoms with van der Waals surface area (Å²) < 4.78 is 23.5. The Morgan fingerprint density at radius 3 is 2.15 bits per heavy atom. The number of carbonyl (C=O) groups is 1. The predicted octanol–water partition coefficient (Wildman–Crippen LogP) is 2.54. The van der Waals surface area contributed by atoms with Gasteiger partial charge in [0.25, 0.3) is 0 Å². The molecule has 0 aliphatic heterocycles. The van der Waals surface area contributed by atoms with Crippen LogP contribution in [0, 0.1) is 0 Å². The maximum atomic E-state index is 11.8. The minimum Gasteiger partial charge on any atom is -0.755 e. The van der Waals surface area contributed by atoms with E-state index in [1.807, 2.05) is 6.07 Å². The molecule has 2 aromatic rings. The molecule has 0 aromatic heterocycles. The van der Waals surface area contributed by atoms with E-state index < -0.39 is 17.3 Å². The van der Waals surface area contributed by atoms with Gasteiger partial charge in [0, 0.05) is 17.0 Å². The molecule has 2 amide bonds. The van der Waals surface area contributed by atoms with Crippen LogP contribution in [0.5, 0.6) is 0 Å². The lowest BCUT2D eigenvalue weighted by Crippen LogP contribution is -2.20. The number of urea groups is 1. The van der Waals surface area contributed by atoms with Gasteiger partial charge in [-0.1, -0.05) is 30.3 Å². The van der Waals surface area contributed by atoms with E-state index in [-0.39, 0.29) is 0 Å². The van der Waals surface area contributed by atoms with Crippen molar-refractivity contribution in [3.05, 3.63) is 54.6 Å². The average molecular weight is 290 g/mol. The highest BCUT2D eigenvalue weighted by Crippen LogP contribution is 2.21. The van der Waals surface area contributed by atoms with E-state index in [1.54, 1.807) is 48.5 Å². The molecule has 7 heteroatoms. The van der Waals surface area contributed by atoms with E-state index in [0.29, 0.717) is 17.1 Å². The molecule has 2 rings (SSSR count). The molecule has 0 aliphatic carbocycles. The fourth-order valence-electron chi connectivity index (χ4n) is 1.58. The smallest absolute Gasteiger partial charge is 0.323 e. The molecule has 0 bridgehead atoms. The molecule has 0 heterocycles. The van der Waals surface area contributed by atoms with E-state index in [2.05, 4.69) is 15.4 Å². The summed E-state index contributed by atoms with van der Waals surface area (Å²) >= 11 is -2.45. The number of hydrogen-bond acceptors (Lipinski definition) is 3. The van der Waals surface area contributed by atoms with E-state index in [9.17, 15) is 13.6 Å². The molecule has 0 fully saturated rings. The summed E-state index contributed by atoms with van der Waals surface area (Å²) in [5, 5.41) is 5.22. The second-order valence-electron chi connectivity index (χ2n) is 3.83. The van der Waals surface area contributed by atoms with Gasteiger partial charge in [0.15, 0.2) is 0 Å². The monoisotopic (exact) mass is 290 g/mol. The highest BCUT2D eigenvalue weighted by Gasteiger charge is 2.06. The normalized spacial score (nSPS) is 11.4. The Labute approximate surface area is 118 Å². The van der Waals surface area contributed by atoms with Crippen LogP contribution in [0.2, 0.25) is 0 Å². The molecule has 0 radical (unpaired) electrons. The number of carbonyl (C=O) groups excluding carboxylic acids is 1. The molecule has 0 spiro atoms. The van der Waals surface area contributed by atoms with Crippen molar-refractivity contribution in [2.75, 3.05) is 15.4 Å². The highest BCUT2D eigenvalue weighted by molar-refractivity contribution is 7.80. The van der Waals surface area contributed by atoms with Gasteiger partial charge in [0.2, 0.25) is 0 Å². The summed E-state index contributed by atoms with van der Waals surface area (Å²) in [4.78, 5) is 11.8. The summed E-state index contributed by atoms with van der Waals surface area (Å²) in [7, 11) is 0. The largest absolute Gasteiger partial charge is 0.755 e. The summed E-state index contributed by atoms with van der Waals surface area (Å²) in [5.74, 6) is 0. The van der Waals surface area contributed by atoms with Gasteiger partial charge in [-0.05, 0) is 24.3 Å². The Kier molecular flexibility index (Phi) is 4.70. The van der Waals surface area contributed by atoms with Gasteiger partial charge in [0.05, 0.1) is 11.4 Å². The van der Waals surface area contributed by atoms with E-state index in [4.69, 9.17) is 0 Å². The van der Waals surface area contributed by atoms with Crippen LogP contribution in [0.4, 0.5) is 21.9 Å². The topological polar surface area (TPSA) is 93.3 Å². The van der Waals surface area contributed by atoms with Crippen LogP contribution in [0.3, 0.4) is 0 Å². The number of benzene rings is 2. The Bertz CT molecular complexity index is 619. The number of nitrogens with one attached hydrogen (secondary N) is 3. The molecule has 2 aromatic carbocycles. The summed E-state index contributed by atoms with van der Waals surface area (Å²) in [6.07, 6.45) is 0. The van der Waals surface area contributed by atoms with Gasteiger partial charge in [-0.2, -0.15) is 0 Å². The zero-order valence-electron chi connectivity index (χ0n) is 10.3. The van der Waals surface area contributed by atoms with Crippen LogP contribution in [-0.4, -0.2) is 14.8 Å². The molecule has 3 N–H and O–H groups in total. The van der Waals surface area contributed by atoms with Crippen molar-refractivity contribution < 1.29 is 13.6 Å². The second-order valence-corrected chi connectivity index (χ2v) is 4.50. The zero-order valence-corrected chi connectivity index (χ0v) is 11.1. The van der Waals surface area contributed by atoms with Crippen molar-refractivity contribution in [3.63, 3.8) is 0 Å². The Balaban J connectivity index is 2.06. The SMILES string of the molecule is O=C(Nc1ccccc1)Nc1ccccc1NS(=O)[O-]. The van der Waals surface area contributed by atoms with Gasteiger partial charge < -0.3 is 19.9 Å². The highest BCUT2D eigenvalue weighted by atomic mass is 32.2. The van der Waals surface area contributed by atoms with E-state index >= 15 is 0 Å².